The van der Waals surface area contributed by atoms with Crippen LogP contribution in [0.5, 0.6) is 0 Å². The zero-order valence-corrected chi connectivity index (χ0v) is 29.7. The highest BCUT2D eigenvalue weighted by Gasteiger charge is 2.91. The van der Waals surface area contributed by atoms with Gasteiger partial charge in [-0.2, -0.15) is 0 Å². The highest BCUT2D eigenvalue weighted by atomic mass is 16.9. The van der Waals surface area contributed by atoms with Crippen LogP contribution in [-0.2, 0) is 33.2 Å². The lowest BCUT2D eigenvalue weighted by Crippen LogP contribution is -2.74. The van der Waals surface area contributed by atoms with Crippen molar-refractivity contribution < 1.29 is 53.3 Å². The van der Waals surface area contributed by atoms with Crippen LogP contribution >= 0.6 is 0 Å². The Morgan fingerprint density at radius 1 is 0.960 bits per heavy atom. The summed E-state index contributed by atoms with van der Waals surface area (Å²) in [5, 5.41) is 37.3. The van der Waals surface area contributed by atoms with Crippen LogP contribution < -0.4 is 0 Å². The summed E-state index contributed by atoms with van der Waals surface area (Å²) >= 11 is 0. The number of fused-ring (bicyclic) bond motifs is 1. The van der Waals surface area contributed by atoms with Crippen molar-refractivity contribution in [1.82, 2.24) is 0 Å². The smallest absolute Gasteiger partial charge is 0.338 e. The van der Waals surface area contributed by atoms with Crippen molar-refractivity contribution in [3.63, 3.8) is 0 Å². The normalized spacial score (nSPS) is 51.6. The minimum absolute atomic E-state index is 0.0237. The van der Waals surface area contributed by atoms with E-state index < -0.39 is 95.2 Å². The Morgan fingerprint density at radius 3 is 2.32 bits per heavy atom. The lowest BCUT2D eigenvalue weighted by Gasteiger charge is -2.62. The SMILES string of the molecule is C=C(C)[C@]12C[C@@H](C)[C@@]34O[C@]5(O[C@H]1[C@@H]3[C@@H]1O[C@]1(CO)[C@@H](O)[C@@]1(O)[C@H]4[C@H]([C@H](C)[C@@H]1OC(=O)c1ccccc1)[C@H](C)CCCCCC[C@H]5OC(C)=O)O2. The van der Waals surface area contributed by atoms with E-state index in [0.29, 0.717) is 24.0 Å². The molecular formula is C39H52O11. The fraction of sp³-hybridized carbons (Fsp3) is 0.744. The standard InChI is InChI=1S/C39H52O11/c1-20(2)35-18-22(4)38-28-31(35)48-39(49-35,50-38)26(45-24(6)41)17-13-8-7-10-14-21(3)27-23(5)30(46-33(42)25-15-11-9-12-16-25)37(44,29(27)38)34(43)36(19-40)32(28)47-36/h9,11-12,15-16,21-23,26-32,34,40,43-44H,1,7-8,10,13-14,17-19H2,2-6H3/t21-,22-,23+,26-,27+,28-,29-,30+,31+,32+,34-,35-,36+,37-,38-,39-/m1/s1. The Morgan fingerprint density at radius 2 is 1.66 bits per heavy atom. The van der Waals surface area contributed by atoms with Gasteiger partial charge in [0.05, 0.1) is 17.8 Å². The van der Waals surface area contributed by atoms with Gasteiger partial charge in [-0.3, -0.25) is 4.79 Å². The van der Waals surface area contributed by atoms with Gasteiger partial charge in [-0.25, -0.2) is 4.79 Å². The topological polar surface area (TPSA) is 154 Å². The van der Waals surface area contributed by atoms with E-state index in [1.807, 2.05) is 19.9 Å². The van der Waals surface area contributed by atoms with Gasteiger partial charge >= 0.3 is 17.9 Å². The van der Waals surface area contributed by atoms with E-state index in [1.165, 1.54) is 6.92 Å². The van der Waals surface area contributed by atoms with Gasteiger partial charge in [0.1, 0.15) is 41.2 Å². The first-order valence-corrected chi connectivity index (χ1v) is 18.6. The number of aliphatic hydroxyl groups is 3. The zero-order chi connectivity index (χ0) is 35.6. The van der Waals surface area contributed by atoms with Gasteiger partial charge in [-0.1, -0.05) is 71.2 Å². The number of ether oxygens (including phenoxy) is 6. The minimum Gasteiger partial charge on any atom is -0.455 e. The fourth-order valence-corrected chi connectivity index (χ4v) is 11.9. The maximum absolute atomic E-state index is 13.8. The summed E-state index contributed by atoms with van der Waals surface area (Å²) in [6.45, 7) is 13.3. The highest BCUT2D eigenvalue weighted by Crippen LogP contribution is 2.75. The van der Waals surface area contributed by atoms with Gasteiger partial charge in [-0.05, 0) is 67.6 Å². The molecule has 16 atom stereocenters. The second-order valence-corrected chi connectivity index (χ2v) is 16.6. The third kappa shape index (κ3) is 4.34. The summed E-state index contributed by atoms with van der Waals surface area (Å²) in [4.78, 5) is 26.5. The molecular weight excluding hydrogens is 644 g/mol. The van der Waals surface area contributed by atoms with Crippen LogP contribution in [0.25, 0.3) is 0 Å². The summed E-state index contributed by atoms with van der Waals surface area (Å²) in [7, 11) is 0. The molecule has 0 radical (unpaired) electrons. The summed E-state index contributed by atoms with van der Waals surface area (Å²) in [6, 6.07) is 8.62. The zero-order valence-electron chi connectivity index (χ0n) is 29.7. The summed E-state index contributed by atoms with van der Waals surface area (Å²) in [5.41, 5.74) is -5.02. The predicted octanol–water partition coefficient (Wildman–Crippen LogP) is 4.06. The van der Waals surface area contributed by atoms with Gasteiger partial charge < -0.3 is 43.7 Å². The molecule has 11 nitrogen and oxygen atoms in total. The Kier molecular flexibility index (Phi) is 8.02. The number of carbonyl (C=O) groups is 2. The Balaban J connectivity index is 1.38. The van der Waals surface area contributed by atoms with Crippen molar-refractivity contribution in [2.24, 2.45) is 35.5 Å². The third-order valence-electron chi connectivity index (χ3n) is 14.0. The van der Waals surface area contributed by atoms with E-state index in [4.69, 9.17) is 28.4 Å². The van der Waals surface area contributed by atoms with Crippen molar-refractivity contribution in [2.75, 3.05) is 6.61 Å². The van der Waals surface area contributed by atoms with Gasteiger partial charge in [0.25, 0.3) is 0 Å². The maximum Gasteiger partial charge on any atom is 0.338 e. The molecule has 3 bridgehead atoms. The fourth-order valence-electron chi connectivity index (χ4n) is 11.9. The molecule has 2 spiro atoms. The number of hydrogen-bond acceptors (Lipinski definition) is 11. The predicted molar refractivity (Wildman–Crippen MR) is 177 cm³/mol. The van der Waals surface area contributed by atoms with Crippen molar-refractivity contribution in [1.29, 1.82) is 0 Å². The van der Waals surface area contributed by atoms with Crippen molar-refractivity contribution >= 4 is 11.9 Å². The molecule has 4 saturated heterocycles. The molecule has 4 heterocycles. The van der Waals surface area contributed by atoms with Crippen molar-refractivity contribution in [3.05, 3.63) is 48.0 Å². The first-order chi connectivity index (χ1) is 23.7. The Hall–Kier alpha value is -2.38. The van der Waals surface area contributed by atoms with Crippen LogP contribution in [0.3, 0.4) is 0 Å². The number of epoxide rings is 1. The van der Waals surface area contributed by atoms with E-state index in [9.17, 15) is 24.9 Å². The van der Waals surface area contributed by atoms with E-state index in [-0.39, 0.29) is 17.8 Å². The Labute approximate surface area is 293 Å². The quantitative estimate of drug-likeness (QED) is 0.232. The highest BCUT2D eigenvalue weighted by molar-refractivity contribution is 5.89. The molecule has 50 heavy (non-hydrogen) atoms. The molecule has 1 aromatic rings. The molecule has 11 heteroatoms. The Bertz CT molecular complexity index is 1550. The monoisotopic (exact) mass is 696 g/mol. The number of rotatable bonds is 5. The molecule has 3 aliphatic carbocycles. The van der Waals surface area contributed by atoms with E-state index >= 15 is 0 Å². The molecule has 3 saturated carbocycles. The van der Waals surface area contributed by atoms with Crippen LogP contribution in [0, 0.1) is 35.5 Å². The lowest BCUT2D eigenvalue weighted by atomic mass is 9.51. The van der Waals surface area contributed by atoms with Crippen LogP contribution in [0.2, 0.25) is 0 Å². The van der Waals surface area contributed by atoms with Crippen molar-refractivity contribution in [3.8, 4) is 0 Å². The molecule has 1 aromatic carbocycles. The number of esters is 2. The van der Waals surface area contributed by atoms with Gasteiger partial charge in [-0.15, -0.1) is 0 Å². The van der Waals surface area contributed by atoms with Crippen LogP contribution in [0.4, 0.5) is 0 Å². The molecule has 0 aromatic heterocycles. The van der Waals surface area contributed by atoms with Gasteiger partial charge in [0, 0.05) is 18.8 Å². The number of hydrogen-bond donors (Lipinski definition) is 3. The minimum atomic E-state index is -2.12. The first kappa shape index (κ1) is 34.7. The third-order valence-corrected chi connectivity index (χ3v) is 14.0. The largest absolute Gasteiger partial charge is 0.455 e. The molecule has 4 aliphatic heterocycles. The molecule has 7 fully saturated rings. The summed E-state index contributed by atoms with van der Waals surface area (Å²) in [6.07, 6.45) is -0.0327. The summed E-state index contributed by atoms with van der Waals surface area (Å²) < 4.78 is 40.3. The van der Waals surface area contributed by atoms with Crippen molar-refractivity contribution in [2.45, 2.75) is 138 Å². The second-order valence-electron chi connectivity index (χ2n) is 16.6. The number of benzene rings is 1. The van der Waals surface area contributed by atoms with Crippen LogP contribution in [0.1, 0.15) is 89.9 Å². The number of aliphatic hydroxyl groups excluding tert-OH is 2. The van der Waals surface area contributed by atoms with E-state index in [2.05, 4.69) is 20.4 Å². The average molecular weight is 697 g/mol. The van der Waals surface area contributed by atoms with E-state index in [0.717, 1.165) is 32.1 Å². The molecule has 8 rings (SSSR count). The number of carbonyl (C=O) groups excluding carboxylic acids is 2. The molecule has 274 valence electrons. The molecule has 7 aliphatic rings. The van der Waals surface area contributed by atoms with Gasteiger partial charge in [0.2, 0.25) is 0 Å². The average Bonchev–Trinajstić information content (AvgIpc) is 3.72. The molecule has 3 N–H and O–H groups in total. The second kappa shape index (κ2) is 11.6. The maximum atomic E-state index is 13.8. The molecule has 0 amide bonds. The van der Waals surface area contributed by atoms with E-state index in [1.54, 1.807) is 24.3 Å². The van der Waals surface area contributed by atoms with Crippen LogP contribution in [-0.4, -0.2) is 92.8 Å². The summed E-state index contributed by atoms with van der Waals surface area (Å²) in [5.74, 6) is -5.45. The van der Waals surface area contributed by atoms with Gasteiger partial charge in [0.15, 0.2) is 6.10 Å². The lowest BCUT2D eigenvalue weighted by molar-refractivity contribution is -0.458. The molecule has 0 unspecified atom stereocenters. The van der Waals surface area contributed by atoms with Crippen LogP contribution in [0.15, 0.2) is 42.5 Å². The first-order valence-electron chi connectivity index (χ1n) is 18.6.